The Hall–Kier alpha value is -1.50. The number of nitrogens with zero attached hydrogens (tertiary/aromatic N) is 3. The lowest BCUT2D eigenvalue weighted by Gasteiger charge is -2.31. The fourth-order valence-corrected chi connectivity index (χ4v) is 3.38. The third kappa shape index (κ3) is 3.77. The number of rotatable bonds is 7. The lowest BCUT2D eigenvalue weighted by molar-refractivity contribution is 0.000208. The first-order valence-electron chi connectivity index (χ1n) is 8.81. The highest BCUT2D eigenvalue weighted by Crippen LogP contribution is 2.22. The second kappa shape index (κ2) is 8.05. The average Bonchev–Trinajstić information content (AvgIpc) is 2.95. The molecule has 0 unspecified atom stereocenters. The maximum absolute atomic E-state index is 14.0. The quantitative estimate of drug-likeness (QED) is 0.790. The zero-order chi connectivity index (χ0) is 16.9. The first-order chi connectivity index (χ1) is 11.7. The van der Waals surface area contributed by atoms with Gasteiger partial charge in [-0.3, -0.25) is 4.90 Å². The van der Waals surface area contributed by atoms with Crippen molar-refractivity contribution in [3.8, 4) is 0 Å². The first kappa shape index (κ1) is 17.3. The van der Waals surface area contributed by atoms with E-state index in [1.165, 1.54) is 6.07 Å². The highest BCUT2D eigenvalue weighted by Gasteiger charge is 2.22. The van der Waals surface area contributed by atoms with Gasteiger partial charge in [-0.2, -0.15) is 0 Å². The highest BCUT2D eigenvalue weighted by atomic mass is 19.1. The monoisotopic (exact) mass is 335 g/mol. The summed E-state index contributed by atoms with van der Waals surface area (Å²) in [4.78, 5) is 6.90. The number of para-hydroxylation sites is 1. The highest BCUT2D eigenvalue weighted by molar-refractivity contribution is 5.76. The van der Waals surface area contributed by atoms with Gasteiger partial charge in [0.25, 0.3) is 0 Å². The summed E-state index contributed by atoms with van der Waals surface area (Å²) >= 11 is 0. The summed E-state index contributed by atoms with van der Waals surface area (Å²) in [5.74, 6) is 0.675. The van der Waals surface area contributed by atoms with Gasteiger partial charge in [0, 0.05) is 32.8 Å². The van der Waals surface area contributed by atoms with Crippen molar-refractivity contribution in [3.63, 3.8) is 0 Å². The molecule has 24 heavy (non-hydrogen) atoms. The molecule has 0 aliphatic carbocycles. The number of fused-ring (bicyclic) bond motifs is 1. The molecule has 2 heterocycles. The molecule has 0 spiro atoms. The minimum absolute atomic E-state index is 0.183. The van der Waals surface area contributed by atoms with E-state index in [1.54, 1.807) is 6.07 Å². The van der Waals surface area contributed by atoms with Crippen LogP contribution >= 0.6 is 0 Å². The molecule has 3 rings (SSSR count). The average molecular weight is 335 g/mol. The summed E-state index contributed by atoms with van der Waals surface area (Å²) in [6, 6.07) is 5.14. The van der Waals surface area contributed by atoms with E-state index in [4.69, 9.17) is 9.84 Å². The van der Waals surface area contributed by atoms with Crippen molar-refractivity contribution in [2.75, 3.05) is 26.3 Å². The molecule has 1 aromatic heterocycles. The number of piperidine rings is 1. The van der Waals surface area contributed by atoms with Crippen molar-refractivity contribution in [1.82, 2.24) is 14.5 Å². The van der Waals surface area contributed by atoms with Crippen LogP contribution < -0.4 is 0 Å². The van der Waals surface area contributed by atoms with Crippen LogP contribution in [0.5, 0.6) is 0 Å². The van der Waals surface area contributed by atoms with Gasteiger partial charge in [0.2, 0.25) is 0 Å². The van der Waals surface area contributed by atoms with Crippen LogP contribution in [0.3, 0.4) is 0 Å². The lowest BCUT2D eigenvalue weighted by Crippen LogP contribution is -2.37. The Bertz CT molecular complexity index is 666. The van der Waals surface area contributed by atoms with E-state index in [0.717, 1.165) is 50.4 Å². The van der Waals surface area contributed by atoms with E-state index in [1.807, 2.05) is 6.07 Å². The Kier molecular flexibility index (Phi) is 5.81. The number of aliphatic hydroxyl groups is 1. The van der Waals surface area contributed by atoms with Crippen molar-refractivity contribution in [2.45, 2.75) is 45.4 Å². The molecule has 1 saturated heterocycles. The molecule has 0 amide bonds. The molecule has 132 valence electrons. The number of imidazole rings is 1. The molecule has 1 N–H and O–H groups in total. The third-order valence-corrected chi connectivity index (χ3v) is 4.68. The van der Waals surface area contributed by atoms with E-state index >= 15 is 0 Å². The zero-order valence-electron chi connectivity index (χ0n) is 14.2. The third-order valence-electron chi connectivity index (χ3n) is 4.68. The summed E-state index contributed by atoms with van der Waals surface area (Å²) in [5.41, 5.74) is 1.34. The van der Waals surface area contributed by atoms with Crippen LogP contribution in [0.15, 0.2) is 18.2 Å². The molecule has 1 aliphatic heterocycles. The number of aromatic nitrogens is 2. The molecule has 1 aliphatic rings. The summed E-state index contributed by atoms with van der Waals surface area (Å²) in [6.45, 7) is 6.32. The van der Waals surface area contributed by atoms with Gasteiger partial charge >= 0.3 is 0 Å². The van der Waals surface area contributed by atoms with E-state index in [-0.39, 0.29) is 18.5 Å². The SMILES string of the molecule is CCn1c(CN2CCC(OCCCO)CC2)nc2c(F)cccc21. The predicted molar refractivity (Wildman–Crippen MR) is 91.3 cm³/mol. The first-order valence-corrected chi connectivity index (χ1v) is 8.81. The Morgan fingerprint density at radius 1 is 1.33 bits per heavy atom. The molecule has 5 nitrogen and oxygen atoms in total. The molecular formula is C18H26FN3O2. The minimum atomic E-state index is -0.253. The van der Waals surface area contributed by atoms with Gasteiger partial charge < -0.3 is 14.4 Å². The van der Waals surface area contributed by atoms with E-state index < -0.39 is 0 Å². The van der Waals surface area contributed by atoms with Crippen LogP contribution in [-0.4, -0.2) is 52.0 Å². The largest absolute Gasteiger partial charge is 0.396 e. The standard InChI is InChI=1S/C18H26FN3O2/c1-2-22-16-6-3-5-15(19)18(16)20-17(22)13-21-9-7-14(8-10-21)24-12-4-11-23/h3,5-6,14,23H,2,4,7-13H2,1H3. The van der Waals surface area contributed by atoms with Crippen LogP contribution in [-0.2, 0) is 17.8 Å². The molecule has 1 fully saturated rings. The van der Waals surface area contributed by atoms with Crippen LogP contribution in [0, 0.1) is 5.82 Å². The van der Waals surface area contributed by atoms with Gasteiger partial charge in [-0.15, -0.1) is 0 Å². The van der Waals surface area contributed by atoms with E-state index in [9.17, 15) is 4.39 Å². The molecule has 0 atom stereocenters. The number of aryl methyl sites for hydroxylation is 1. The van der Waals surface area contributed by atoms with E-state index in [2.05, 4.69) is 21.4 Å². The topological polar surface area (TPSA) is 50.5 Å². The van der Waals surface area contributed by atoms with Crippen LogP contribution in [0.2, 0.25) is 0 Å². The number of hydrogen-bond acceptors (Lipinski definition) is 4. The van der Waals surface area contributed by atoms with Crippen molar-refractivity contribution in [2.24, 2.45) is 0 Å². The van der Waals surface area contributed by atoms with Crippen LogP contribution in [0.25, 0.3) is 11.0 Å². The summed E-state index contributed by atoms with van der Waals surface area (Å²) in [6.07, 6.45) is 2.97. The van der Waals surface area contributed by atoms with E-state index in [0.29, 0.717) is 18.5 Å². The Labute approximate surface area is 142 Å². The van der Waals surface area contributed by atoms with Gasteiger partial charge in [-0.05, 0) is 38.3 Å². The van der Waals surface area contributed by atoms with Crippen LogP contribution in [0.1, 0.15) is 32.0 Å². The fourth-order valence-electron chi connectivity index (χ4n) is 3.38. The van der Waals surface area contributed by atoms with Gasteiger partial charge in [0.15, 0.2) is 5.82 Å². The second-order valence-corrected chi connectivity index (χ2v) is 6.30. The number of benzene rings is 1. The van der Waals surface area contributed by atoms with Gasteiger partial charge in [-0.25, -0.2) is 9.37 Å². The molecule has 1 aromatic carbocycles. The number of likely N-dealkylation sites (tertiary alicyclic amines) is 1. The summed E-state index contributed by atoms with van der Waals surface area (Å²) in [7, 11) is 0. The van der Waals surface area contributed by atoms with Crippen LogP contribution in [0.4, 0.5) is 4.39 Å². The van der Waals surface area contributed by atoms with Crippen molar-refractivity contribution < 1.29 is 14.2 Å². The molecular weight excluding hydrogens is 309 g/mol. The molecule has 0 saturated carbocycles. The summed E-state index contributed by atoms with van der Waals surface area (Å²) in [5, 5.41) is 8.81. The molecule has 0 bridgehead atoms. The number of aliphatic hydroxyl groups excluding tert-OH is 1. The van der Waals surface area contributed by atoms with Crippen molar-refractivity contribution in [1.29, 1.82) is 0 Å². The van der Waals surface area contributed by atoms with Crippen molar-refractivity contribution in [3.05, 3.63) is 29.8 Å². The number of ether oxygens (including phenoxy) is 1. The minimum Gasteiger partial charge on any atom is -0.396 e. The molecule has 0 radical (unpaired) electrons. The smallest absolute Gasteiger partial charge is 0.151 e. The molecule has 6 heteroatoms. The summed E-state index contributed by atoms with van der Waals surface area (Å²) < 4.78 is 21.8. The Balaban J connectivity index is 1.63. The lowest BCUT2D eigenvalue weighted by atomic mass is 10.1. The zero-order valence-corrected chi connectivity index (χ0v) is 14.2. The predicted octanol–water partition coefficient (Wildman–Crippen LogP) is 2.56. The number of hydrogen-bond donors (Lipinski definition) is 1. The molecule has 2 aromatic rings. The van der Waals surface area contributed by atoms with Gasteiger partial charge in [-0.1, -0.05) is 6.07 Å². The maximum atomic E-state index is 14.0. The van der Waals surface area contributed by atoms with Gasteiger partial charge in [0.1, 0.15) is 11.3 Å². The number of halogens is 1. The Morgan fingerprint density at radius 2 is 2.12 bits per heavy atom. The second-order valence-electron chi connectivity index (χ2n) is 6.30. The Morgan fingerprint density at radius 3 is 2.83 bits per heavy atom. The fraction of sp³-hybridized carbons (Fsp3) is 0.611. The maximum Gasteiger partial charge on any atom is 0.151 e. The van der Waals surface area contributed by atoms with Gasteiger partial charge in [0.05, 0.1) is 18.2 Å². The normalized spacial score (nSPS) is 17.0. The van der Waals surface area contributed by atoms with Crippen molar-refractivity contribution >= 4 is 11.0 Å².